The maximum atomic E-state index is 13.3. The monoisotopic (exact) mass is 467 g/mol. The summed E-state index contributed by atoms with van der Waals surface area (Å²) in [5.41, 5.74) is 7.36. The SMILES string of the molecule is Cc1nn(C)cc1-n1c(=O)n(C)c2cnc3ccc(-c4cnc5c(c4)nc(N(C)C)n5C)cc3c21. The summed E-state index contributed by atoms with van der Waals surface area (Å²) < 4.78 is 7.06. The first-order valence-electron chi connectivity index (χ1n) is 11.3. The number of nitrogens with zero attached hydrogens (tertiary/aromatic N) is 9. The third kappa shape index (κ3) is 2.99. The number of anilines is 1. The molecule has 0 radical (unpaired) electrons. The molecule has 6 aromatic rings. The average molecular weight is 468 g/mol. The van der Waals surface area contributed by atoms with E-state index in [-0.39, 0.29) is 5.69 Å². The first-order valence-corrected chi connectivity index (χ1v) is 11.3. The highest BCUT2D eigenvalue weighted by Gasteiger charge is 2.19. The normalized spacial score (nSPS) is 11.8. The summed E-state index contributed by atoms with van der Waals surface area (Å²) in [6.45, 7) is 1.91. The second-order valence-electron chi connectivity index (χ2n) is 9.11. The van der Waals surface area contributed by atoms with Crippen LogP contribution in [0.5, 0.6) is 0 Å². The van der Waals surface area contributed by atoms with Crippen LogP contribution in [0.25, 0.3) is 49.9 Å². The van der Waals surface area contributed by atoms with Crippen molar-refractivity contribution in [2.24, 2.45) is 21.1 Å². The summed E-state index contributed by atoms with van der Waals surface area (Å²) in [7, 11) is 9.52. The average Bonchev–Trinajstić information content (AvgIpc) is 3.44. The maximum Gasteiger partial charge on any atom is 0.333 e. The van der Waals surface area contributed by atoms with E-state index in [1.54, 1.807) is 27.1 Å². The second-order valence-corrected chi connectivity index (χ2v) is 9.11. The van der Waals surface area contributed by atoms with E-state index in [1.807, 2.05) is 75.2 Å². The van der Waals surface area contributed by atoms with Gasteiger partial charge in [0.25, 0.3) is 0 Å². The lowest BCUT2D eigenvalue weighted by atomic mass is 10.0. The fourth-order valence-corrected chi connectivity index (χ4v) is 4.83. The summed E-state index contributed by atoms with van der Waals surface area (Å²) in [6, 6.07) is 8.13. The lowest BCUT2D eigenvalue weighted by Gasteiger charge is -2.10. The Hall–Kier alpha value is -4.47. The van der Waals surface area contributed by atoms with Gasteiger partial charge in [-0.05, 0) is 30.7 Å². The fourth-order valence-electron chi connectivity index (χ4n) is 4.83. The number of pyridine rings is 2. The van der Waals surface area contributed by atoms with Crippen LogP contribution in [-0.2, 0) is 21.1 Å². The van der Waals surface area contributed by atoms with Gasteiger partial charge in [0.15, 0.2) is 5.65 Å². The molecule has 0 atom stereocenters. The molecule has 0 N–H and O–H groups in total. The quantitative estimate of drug-likeness (QED) is 0.397. The lowest BCUT2D eigenvalue weighted by Crippen LogP contribution is -2.21. The molecule has 1 aromatic carbocycles. The largest absolute Gasteiger partial charge is 0.348 e. The summed E-state index contributed by atoms with van der Waals surface area (Å²) in [5, 5.41) is 5.34. The topological polar surface area (TPSA) is 91.6 Å². The van der Waals surface area contributed by atoms with E-state index in [0.717, 1.165) is 61.6 Å². The minimum absolute atomic E-state index is 0.136. The fraction of sp³-hybridized carbons (Fsp3) is 0.240. The Morgan fingerprint density at radius 2 is 1.71 bits per heavy atom. The second kappa shape index (κ2) is 7.26. The molecule has 0 fully saturated rings. The summed E-state index contributed by atoms with van der Waals surface area (Å²) in [4.78, 5) is 29.4. The van der Waals surface area contributed by atoms with E-state index in [9.17, 15) is 4.79 Å². The maximum absolute atomic E-state index is 13.3. The van der Waals surface area contributed by atoms with Gasteiger partial charge in [-0.3, -0.25) is 23.4 Å². The lowest BCUT2D eigenvalue weighted by molar-refractivity contribution is 0.756. The van der Waals surface area contributed by atoms with Crippen LogP contribution in [0.15, 0.2) is 47.7 Å². The van der Waals surface area contributed by atoms with Gasteiger partial charge in [-0.1, -0.05) is 6.07 Å². The number of rotatable bonds is 3. The molecule has 0 aliphatic carbocycles. The number of benzene rings is 1. The van der Waals surface area contributed by atoms with Gasteiger partial charge in [0, 0.05) is 58.6 Å². The molecule has 0 aliphatic heterocycles. The Balaban J connectivity index is 1.63. The van der Waals surface area contributed by atoms with E-state index in [4.69, 9.17) is 4.98 Å². The molecule has 5 heterocycles. The molecule has 0 bridgehead atoms. The van der Waals surface area contributed by atoms with Crippen LogP contribution < -0.4 is 10.6 Å². The number of imidazole rings is 2. The summed E-state index contributed by atoms with van der Waals surface area (Å²) >= 11 is 0. The molecule has 10 nitrogen and oxygen atoms in total. The Kier molecular flexibility index (Phi) is 4.38. The number of aromatic nitrogens is 8. The Morgan fingerprint density at radius 1 is 0.914 bits per heavy atom. The van der Waals surface area contributed by atoms with Crippen molar-refractivity contribution >= 4 is 39.0 Å². The van der Waals surface area contributed by atoms with Gasteiger partial charge < -0.3 is 4.90 Å². The Labute approximate surface area is 200 Å². The molecule has 176 valence electrons. The van der Waals surface area contributed by atoms with Crippen molar-refractivity contribution in [1.82, 2.24) is 38.4 Å². The highest BCUT2D eigenvalue weighted by molar-refractivity contribution is 6.04. The number of aryl methyl sites for hydroxylation is 4. The van der Waals surface area contributed by atoms with Crippen LogP contribution >= 0.6 is 0 Å². The molecular formula is C25H25N9O. The molecule has 0 saturated heterocycles. The molecule has 0 aliphatic rings. The van der Waals surface area contributed by atoms with Crippen molar-refractivity contribution in [1.29, 1.82) is 0 Å². The van der Waals surface area contributed by atoms with Gasteiger partial charge >= 0.3 is 5.69 Å². The van der Waals surface area contributed by atoms with Gasteiger partial charge in [0.2, 0.25) is 5.95 Å². The van der Waals surface area contributed by atoms with Gasteiger partial charge in [0.05, 0.1) is 34.1 Å². The van der Waals surface area contributed by atoms with E-state index in [0.29, 0.717) is 0 Å². The van der Waals surface area contributed by atoms with Crippen LogP contribution in [0.2, 0.25) is 0 Å². The number of fused-ring (bicyclic) bond motifs is 4. The Bertz CT molecular complexity index is 1850. The minimum atomic E-state index is -0.136. The van der Waals surface area contributed by atoms with Crippen molar-refractivity contribution in [2.45, 2.75) is 6.92 Å². The predicted molar refractivity (Wildman–Crippen MR) is 137 cm³/mol. The zero-order valence-electron chi connectivity index (χ0n) is 20.5. The van der Waals surface area contributed by atoms with Crippen molar-refractivity contribution in [3.05, 3.63) is 59.0 Å². The van der Waals surface area contributed by atoms with Gasteiger partial charge in [-0.25, -0.2) is 14.8 Å². The molecule has 0 unspecified atom stereocenters. The van der Waals surface area contributed by atoms with Crippen LogP contribution in [0.1, 0.15) is 5.69 Å². The van der Waals surface area contributed by atoms with Gasteiger partial charge in [-0.2, -0.15) is 5.10 Å². The van der Waals surface area contributed by atoms with Crippen LogP contribution in [-0.4, -0.2) is 52.5 Å². The molecular weight excluding hydrogens is 442 g/mol. The first-order chi connectivity index (χ1) is 16.7. The molecule has 0 amide bonds. The highest BCUT2D eigenvalue weighted by Crippen LogP contribution is 2.31. The van der Waals surface area contributed by atoms with Gasteiger partial charge in [-0.15, -0.1) is 0 Å². The first kappa shape index (κ1) is 21.1. The van der Waals surface area contributed by atoms with E-state index in [1.165, 1.54) is 0 Å². The molecule has 0 saturated carbocycles. The number of hydrogen-bond acceptors (Lipinski definition) is 6. The van der Waals surface area contributed by atoms with Gasteiger partial charge in [0.1, 0.15) is 5.52 Å². The standard InChI is InChI=1S/C25H25N9O/c1-14-21(13-31(4)29-14)34-22-17-9-15(7-8-18(17)26-12-20(22)32(5)25(34)35)16-10-19-23(27-11-16)33(6)24(28-19)30(2)3/h7-13H,1-6H3. The number of hydrogen-bond donors (Lipinski definition) is 0. The summed E-state index contributed by atoms with van der Waals surface area (Å²) in [5.74, 6) is 0.842. The molecule has 6 rings (SSSR count). The summed E-state index contributed by atoms with van der Waals surface area (Å²) in [6.07, 6.45) is 5.49. The Morgan fingerprint density at radius 3 is 2.43 bits per heavy atom. The predicted octanol–water partition coefficient (Wildman–Crippen LogP) is 2.93. The molecule has 10 heteroatoms. The minimum Gasteiger partial charge on any atom is -0.348 e. The van der Waals surface area contributed by atoms with E-state index in [2.05, 4.69) is 21.1 Å². The van der Waals surface area contributed by atoms with Crippen molar-refractivity contribution in [3.8, 4) is 16.8 Å². The molecule has 0 spiro atoms. The smallest absolute Gasteiger partial charge is 0.333 e. The zero-order valence-corrected chi connectivity index (χ0v) is 20.5. The van der Waals surface area contributed by atoms with E-state index < -0.39 is 0 Å². The third-order valence-corrected chi connectivity index (χ3v) is 6.53. The van der Waals surface area contributed by atoms with Crippen LogP contribution in [0.4, 0.5) is 5.95 Å². The zero-order chi connectivity index (χ0) is 24.6. The molecule has 35 heavy (non-hydrogen) atoms. The van der Waals surface area contributed by atoms with Crippen molar-refractivity contribution in [3.63, 3.8) is 0 Å². The molecule has 5 aromatic heterocycles. The van der Waals surface area contributed by atoms with Crippen LogP contribution in [0, 0.1) is 6.92 Å². The van der Waals surface area contributed by atoms with Crippen molar-refractivity contribution in [2.75, 3.05) is 19.0 Å². The van der Waals surface area contributed by atoms with Crippen molar-refractivity contribution < 1.29 is 0 Å². The highest BCUT2D eigenvalue weighted by atomic mass is 16.1. The third-order valence-electron chi connectivity index (χ3n) is 6.53. The van der Waals surface area contributed by atoms with E-state index >= 15 is 0 Å². The van der Waals surface area contributed by atoms with Crippen LogP contribution in [0.3, 0.4) is 0 Å².